The Morgan fingerprint density at radius 1 is 1.53 bits per heavy atom. The van der Waals surface area contributed by atoms with Gasteiger partial charge in [0.05, 0.1) is 10.7 Å². The second-order valence-corrected chi connectivity index (χ2v) is 5.48. The van der Waals surface area contributed by atoms with Crippen LogP contribution in [-0.4, -0.2) is 55.4 Å². The van der Waals surface area contributed by atoms with Gasteiger partial charge in [-0.3, -0.25) is 4.79 Å². The van der Waals surface area contributed by atoms with Gasteiger partial charge in [0.15, 0.2) is 5.76 Å². The first-order valence-electron chi connectivity index (χ1n) is 5.73. The Hall–Kier alpha value is -0.650. The van der Waals surface area contributed by atoms with Crippen LogP contribution in [0.25, 0.3) is 0 Å². The second-order valence-electron chi connectivity index (χ2n) is 4.62. The summed E-state index contributed by atoms with van der Waals surface area (Å²) in [5.41, 5.74) is 0. The molecule has 2 rings (SSSR count). The Kier molecular flexibility index (Phi) is 4.01. The molecule has 0 radical (unpaired) electrons. The van der Waals surface area contributed by atoms with Gasteiger partial charge in [0.1, 0.15) is 0 Å². The zero-order valence-corrected chi connectivity index (χ0v) is 11.7. The number of hydrogen-bond donors (Lipinski definition) is 0. The van der Waals surface area contributed by atoms with Crippen molar-refractivity contribution in [3.05, 3.63) is 22.6 Å². The van der Waals surface area contributed by atoms with E-state index in [0.717, 1.165) is 24.1 Å². The molecular weight excluding hydrogens is 284 g/mol. The van der Waals surface area contributed by atoms with Gasteiger partial charge < -0.3 is 14.2 Å². The highest BCUT2D eigenvalue weighted by atomic mass is 79.9. The smallest absolute Gasteiger partial charge is 0.200 e. The van der Waals surface area contributed by atoms with Gasteiger partial charge in [-0.2, -0.15) is 0 Å². The van der Waals surface area contributed by atoms with E-state index in [1.165, 1.54) is 6.26 Å². The summed E-state index contributed by atoms with van der Waals surface area (Å²) in [4.78, 5) is 16.6. The molecule has 4 nitrogen and oxygen atoms in total. The zero-order valence-electron chi connectivity index (χ0n) is 10.1. The number of halogens is 1. The SMILES string of the molecule is CN1CCN(C)C(CC(=O)c2occc2Br)C1. The van der Waals surface area contributed by atoms with Crippen LogP contribution in [0.2, 0.25) is 0 Å². The van der Waals surface area contributed by atoms with E-state index in [2.05, 4.69) is 39.8 Å². The molecule has 1 aromatic rings. The minimum absolute atomic E-state index is 0.0639. The molecule has 0 bridgehead atoms. The van der Waals surface area contributed by atoms with Gasteiger partial charge >= 0.3 is 0 Å². The molecule has 0 spiro atoms. The van der Waals surface area contributed by atoms with Crippen LogP contribution >= 0.6 is 15.9 Å². The first kappa shape index (κ1) is 12.8. The van der Waals surface area contributed by atoms with Gasteiger partial charge in [-0.05, 0) is 36.1 Å². The predicted octanol–water partition coefficient (Wildman–Crippen LogP) is 1.86. The molecule has 2 heterocycles. The lowest BCUT2D eigenvalue weighted by Crippen LogP contribution is -2.50. The van der Waals surface area contributed by atoms with E-state index in [-0.39, 0.29) is 11.8 Å². The Morgan fingerprint density at radius 3 is 2.94 bits per heavy atom. The lowest BCUT2D eigenvalue weighted by Gasteiger charge is -2.37. The fourth-order valence-electron chi connectivity index (χ4n) is 2.12. The highest BCUT2D eigenvalue weighted by Crippen LogP contribution is 2.21. The minimum atomic E-state index is 0.0639. The molecule has 94 valence electrons. The van der Waals surface area contributed by atoms with Gasteiger partial charge in [0, 0.05) is 32.1 Å². The molecule has 17 heavy (non-hydrogen) atoms. The van der Waals surface area contributed by atoms with Crippen LogP contribution in [0.3, 0.4) is 0 Å². The Bertz CT molecular complexity index is 405. The van der Waals surface area contributed by atoms with E-state index in [1.54, 1.807) is 6.07 Å². The maximum Gasteiger partial charge on any atom is 0.200 e. The molecule has 0 amide bonds. The molecule has 0 aromatic carbocycles. The minimum Gasteiger partial charge on any atom is -0.460 e. The summed E-state index contributed by atoms with van der Waals surface area (Å²) >= 11 is 3.32. The number of rotatable bonds is 3. The number of nitrogens with zero attached hydrogens (tertiary/aromatic N) is 2. The monoisotopic (exact) mass is 300 g/mol. The van der Waals surface area contributed by atoms with Gasteiger partial charge in [0.25, 0.3) is 0 Å². The summed E-state index contributed by atoms with van der Waals surface area (Å²) in [6.45, 7) is 3.00. The third-order valence-electron chi connectivity index (χ3n) is 3.27. The molecule has 1 atom stereocenters. The molecule has 0 aliphatic carbocycles. The number of piperazine rings is 1. The van der Waals surface area contributed by atoms with Crippen LogP contribution in [0, 0.1) is 0 Å². The van der Waals surface area contributed by atoms with Crippen molar-refractivity contribution in [1.82, 2.24) is 9.80 Å². The summed E-state index contributed by atoms with van der Waals surface area (Å²) in [5.74, 6) is 0.501. The van der Waals surface area contributed by atoms with Crippen molar-refractivity contribution in [2.75, 3.05) is 33.7 Å². The van der Waals surface area contributed by atoms with Gasteiger partial charge in [-0.1, -0.05) is 0 Å². The van der Waals surface area contributed by atoms with Gasteiger partial charge in [0.2, 0.25) is 5.78 Å². The standard InChI is InChI=1S/C12H17BrN2O2/c1-14-4-5-15(2)9(8-14)7-11(16)12-10(13)3-6-17-12/h3,6,9H,4-5,7-8H2,1-2H3. The summed E-state index contributed by atoms with van der Waals surface area (Å²) < 4.78 is 5.95. The van der Waals surface area contributed by atoms with Crippen molar-refractivity contribution >= 4 is 21.7 Å². The van der Waals surface area contributed by atoms with E-state index in [9.17, 15) is 4.79 Å². The number of hydrogen-bond acceptors (Lipinski definition) is 4. The third kappa shape index (κ3) is 2.97. The van der Waals surface area contributed by atoms with E-state index in [4.69, 9.17) is 4.42 Å². The van der Waals surface area contributed by atoms with E-state index < -0.39 is 0 Å². The van der Waals surface area contributed by atoms with Crippen molar-refractivity contribution in [1.29, 1.82) is 0 Å². The third-order valence-corrected chi connectivity index (χ3v) is 3.90. The molecule has 0 N–H and O–H groups in total. The Balaban J connectivity index is 2.01. The second kappa shape index (κ2) is 5.33. The maximum absolute atomic E-state index is 12.1. The summed E-state index contributed by atoms with van der Waals surface area (Å²) in [5, 5.41) is 0. The highest BCUT2D eigenvalue weighted by Gasteiger charge is 2.26. The Morgan fingerprint density at radius 2 is 2.29 bits per heavy atom. The molecule has 1 unspecified atom stereocenters. The van der Waals surface area contributed by atoms with Gasteiger partial charge in [-0.15, -0.1) is 0 Å². The number of carbonyl (C=O) groups is 1. The van der Waals surface area contributed by atoms with Crippen LogP contribution in [0.4, 0.5) is 0 Å². The topological polar surface area (TPSA) is 36.7 Å². The first-order valence-corrected chi connectivity index (χ1v) is 6.52. The number of Topliss-reactive ketones (excluding diaryl/α,β-unsaturated/α-hetero) is 1. The summed E-state index contributed by atoms with van der Waals surface area (Å²) in [6.07, 6.45) is 2.04. The van der Waals surface area contributed by atoms with Crippen molar-refractivity contribution < 1.29 is 9.21 Å². The van der Waals surface area contributed by atoms with Crippen LogP contribution in [0.5, 0.6) is 0 Å². The van der Waals surface area contributed by atoms with Crippen LogP contribution < -0.4 is 0 Å². The molecule has 0 saturated carbocycles. The number of ketones is 1. The van der Waals surface area contributed by atoms with Crippen molar-refractivity contribution in [2.24, 2.45) is 0 Å². The van der Waals surface area contributed by atoms with E-state index in [0.29, 0.717) is 12.2 Å². The summed E-state index contributed by atoms with van der Waals surface area (Å²) in [6, 6.07) is 2.03. The van der Waals surface area contributed by atoms with Crippen molar-refractivity contribution in [3.63, 3.8) is 0 Å². The summed E-state index contributed by atoms with van der Waals surface area (Å²) in [7, 11) is 4.16. The molecule has 1 fully saturated rings. The predicted molar refractivity (Wildman–Crippen MR) is 69.3 cm³/mol. The van der Waals surface area contributed by atoms with Gasteiger partial charge in [-0.25, -0.2) is 0 Å². The van der Waals surface area contributed by atoms with E-state index >= 15 is 0 Å². The molecule has 1 aliphatic rings. The molecule has 5 heteroatoms. The Labute approximate surface area is 110 Å². The van der Waals surface area contributed by atoms with Crippen LogP contribution in [0.1, 0.15) is 17.0 Å². The highest BCUT2D eigenvalue weighted by molar-refractivity contribution is 9.10. The molecule has 1 aromatic heterocycles. The average molecular weight is 301 g/mol. The lowest BCUT2D eigenvalue weighted by molar-refractivity contribution is 0.0787. The number of carbonyl (C=O) groups excluding carboxylic acids is 1. The average Bonchev–Trinajstić information content (AvgIpc) is 2.70. The number of likely N-dealkylation sites (N-methyl/N-ethyl adjacent to an activating group) is 2. The van der Waals surface area contributed by atoms with Crippen molar-refractivity contribution in [3.8, 4) is 0 Å². The molecule has 1 aliphatic heterocycles. The lowest BCUT2D eigenvalue weighted by atomic mass is 10.1. The van der Waals surface area contributed by atoms with E-state index in [1.807, 2.05) is 0 Å². The van der Waals surface area contributed by atoms with Crippen LogP contribution in [0.15, 0.2) is 21.2 Å². The first-order chi connectivity index (χ1) is 8.08. The van der Waals surface area contributed by atoms with Crippen LogP contribution in [-0.2, 0) is 0 Å². The quantitative estimate of drug-likeness (QED) is 0.799. The molecule has 1 saturated heterocycles. The largest absolute Gasteiger partial charge is 0.460 e. The number of furan rings is 1. The maximum atomic E-state index is 12.1. The van der Waals surface area contributed by atoms with Crippen molar-refractivity contribution in [2.45, 2.75) is 12.5 Å². The fourth-order valence-corrected chi connectivity index (χ4v) is 2.54. The fraction of sp³-hybridized carbons (Fsp3) is 0.583. The zero-order chi connectivity index (χ0) is 12.4. The normalized spacial score (nSPS) is 22.9. The molecular formula is C12H17BrN2O2.